The summed E-state index contributed by atoms with van der Waals surface area (Å²) < 4.78 is 4.66. The van der Waals surface area contributed by atoms with Gasteiger partial charge in [0.1, 0.15) is 0 Å². The standard InChI is InChI=1S/C23H18ClN3O3/c1-30-22(28)14-5-8-18(9-6-14)25-23(29)26-19-4-2-3-15(12-19)21-13-16-11-17(24)7-10-20(16)27-21/h2-13,27H,1H3,(H2,25,26,29). The first kappa shape index (κ1) is 19.5. The van der Waals surface area contributed by atoms with Gasteiger partial charge in [-0.25, -0.2) is 9.59 Å². The lowest BCUT2D eigenvalue weighted by molar-refractivity contribution is 0.0600. The summed E-state index contributed by atoms with van der Waals surface area (Å²) in [5.41, 5.74) is 4.46. The zero-order valence-electron chi connectivity index (χ0n) is 16.0. The summed E-state index contributed by atoms with van der Waals surface area (Å²) >= 11 is 6.06. The van der Waals surface area contributed by atoms with Gasteiger partial charge in [0.25, 0.3) is 0 Å². The number of urea groups is 1. The van der Waals surface area contributed by atoms with Gasteiger partial charge in [-0.3, -0.25) is 0 Å². The lowest BCUT2D eigenvalue weighted by Crippen LogP contribution is -2.19. The second-order valence-corrected chi connectivity index (χ2v) is 7.08. The SMILES string of the molecule is COC(=O)c1ccc(NC(=O)Nc2cccc(-c3cc4cc(Cl)ccc4[nH]3)c2)cc1. The Balaban J connectivity index is 1.47. The Kier molecular flexibility index (Phi) is 5.41. The van der Waals surface area contributed by atoms with E-state index in [9.17, 15) is 9.59 Å². The highest BCUT2D eigenvalue weighted by Gasteiger charge is 2.08. The van der Waals surface area contributed by atoms with Gasteiger partial charge in [-0.1, -0.05) is 23.7 Å². The van der Waals surface area contributed by atoms with Crippen molar-refractivity contribution in [2.45, 2.75) is 0 Å². The fourth-order valence-corrected chi connectivity index (χ4v) is 3.30. The molecule has 0 radical (unpaired) electrons. The van der Waals surface area contributed by atoms with Crippen molar-refractivity contribution in [1.29, 1.82) is 0 Å². The Bertz CT molecular complexity index is 1230. The second-order valence-electron chi connectivity index (χ2n) is 6.64. The maximum Gasteiger partial charge on any atom is 0.337 e. The number of aromatic nitrogens is 1. The van der Waals surface area contributed by atoms with Crippen molar-refractivity contribution in [2.75, 3.05) is 17.7 Å². The van der Waals surface area contributed by atoms with Gasteiger partial charge in [-0.15, -0.1) is 0 Å². The molecule has 4 rings (SSSR count). The number of hydrogen-bond acceptors (Lipinski definition) is 3. The number of carbonyl (C=O) groups excluding carboxylic acids is 2. The minimum atomic E-state index is -0.429. The number of ether oxygens (including phenoxy) is 1. The summed E-state index contributed by atoms with van der Waals surface area (Å²) in [6.07, 6.45) is 0. The molecule has 0 saturated heterocycles. The van der Waals surface area contributed by atoms with Crippen LogP contribution in [0.25, 0.3) is 22.2 Å². The molecule has 0 unspecified atom stereocenters. The van der Waals surface area contributed by atoms with Gasteiger partial charge in [0.15, 0.2) is 0 Å². The Morgan fingerprint density at radius 2 is 1.67 bits per heavy atom. The molecule has 0 saturated carbocycles. The molecule has 0 atom stereocenters. The van der Waals surface area contributed by atoms with E-state index in [2.05, 4.69) is 20.4 Å². The average Bonchev–Trinajstić information content (AvgIpc) is 3.17. The molecule has 1 aromatic heterocycles. The number of fused-ring (bicyclic) bond motifs is 1. The Hall–Kier alpha value is -3.77. The van der Waals surface area contributed by atoms with E-state index in [0.29, 0.717) is 22.0 Å². The van der Waals surface area contributed by atoms with Crippen molar-refractivity contribution < 1.29 is 14.3 Å². The number of nitrogens with one attached hydrogen (secondary N) is 3. The van der Waals surface area contributed by atoms with Crippen molar-refractivity contribution in [3.8, 4) is 11.3 Å². The molecule has 0 fully saturated rings. The molecule has 3 N–H and O–H groups in total. The Labute approximate surface area is 177 Å². The third kappa shape index (κ3) is 4.29. The summed E-state index contributed by atoms with van der Waals surface area (Å²) in [7, 11) is 1.32. The molecule has 7 heteroatoms. The maximum atomic E-state index is 12.3. The van der Waals surface area contributed by atoms with E-state index in [0.717, 1.165) is 22.2 Å². The van der Waals surface area contributed by atoms with Crippen LogP contribution in [0.15, 0.2) is 72.8 Å². The van der Waals surface area contributed by atoms with E-state index in [1.807, 2.05) is 48.5 Å². The molecule has 30 heavy (non-hydrogen) atoms. The van der Waals surface area contributed by atoms with Crippen LogP contribution in [0.2, 0.25) is 5.02 Å². The van der Waals surface area contributed by atoms with E-state index in [4.69, 9.17) is 11.6 Å². The van der Waals surface area contributed by atoms with Gasteiger partial charge in [-0.2, -0.15) is 0 Å². The molecule has 150 valence electrons. The number of methoxy groups -OCH3 is 1. The van der Waals surface area contributed by atoms with Gasteiger partial charge in [0.05, 0.1) is 12.7 Å². The average molecular weight is 420 g/mol. The van der Waals surface area contributed by atoms with Gasteiger partial charge < -0.3 is 20.4 Å². The van der Waals surface area contributed by atoms with Crippen LogP contribution in [-0.2, 0) is 4.74 Å². The van der Waals surface area contributed by atoms with Crippen molar-refractivity contribution in [1.82, 2.24) is 4.98 Å². The van der Waals surface area contributed by atoms with Crippen LogP contribution in [0, 0.1) is 0 Å². The van der Waals surface area contributed by atoms with Crippen molar-refractivity contribution in [3.05, 3.63) is 83.4 Å². The summed E-state index contributed by atoms with van der Waals surface area (Å²) in [6, 6.07) is 21.3. The molecular weight excluding hydrogens is 402 g/mol. The summed E-state index contributed by atoms with van der Waals surface area (Å²) in [5, 5.41) is 7.25. The number of carbonyl (C=O) groups is 2. The molecule has 0 bridgehead atoms. The fraction of sp³-hybridized carbons (Fsp3) is 0.0435. The van der Waals surface area contributed by atoms with Crippen LogP contribution < -0.4 is 10.6 Å². The number of esters is 1. The van der Waals surface area contributed by atoms with E-state index in [1.165, 1.54) is 7.11 Å². The molecule has 3 aromatic carbocycles. The molecule has 6 nitrogen and oxygen atoms in total. The molecule has 1 heterocycles. The summed E-state index contributed by atoms with van der Waals surface area (Å²) in [6.45, 7) is 0. The number of halogens is 1. The number of aromatic amines is 1. The predicted molar refractivity (Wildman–Crippen MR) is 119 cm³/mol. The minimum absolute atomic E-state index is 0.388. The number of anilines is 2. The first-order chi connectivity index (χ1) is 14.5. The molecule has 0 aliphatic heterocycles. The van der Waals surface area contributed by atoms with Gasteiger partial charge in [0.2, 0.25) is 0 Å². The van der Waals surface area contributed by atoms with Gasteiger partial charge >= 0.3 is 12.0 Å². The van der Waals surface area contributed by atoms with Crippen LogP contribution in [0.3, 0.4) is 0 Å². The van der Waals surface area contributed by atoms with Crippen LogP contribution in [0.1, 0.15) is 10.4 Å². The van der Waals surface area contributed by atoms with Crippen LogP contribution in [0.5, 0.6) is 0 Å². The number of benzene rings is 3. The Morgan fingerprint density at radius 1 is 0.900 bits per heavy atom. The highest BCUT2D eigenvalue weighted by Crippen LogP contribution is 2.27. The molecule has 0 spiro atoms. The first-order valence-electron chi connectivity index (χ1n) is 9.17. The van der Waals surface area contributed by atoms with Gasteiger partial charge in [0, 0.05) is 38.6 Å². The van der Waals surface area contributed by atoms with Crippen molar-refractivity contribution in [3.63, 3.8) is 0 Å². The number of H-pyrrole nitrogens is 1. The van der Waals surface area contributed by atoms with Crippen LogP contribution in [0.4, 0.5) is 16.2 Å². The molecule has 0 aliphatic rings. The molecule has 4 aromatic rings. The minimum Gasteiger partial charge on any atom is -0.465 e. The largest absolute Gasteiger partial charge is 0.465 e. The lowest BCUT2D eigenvalue weighted by Gasteiger charge is -2.09. The monoisotopic (exact) mass is 419 g/mol. The highest BCUT2D eigenvalue weighted by atomic mass is 35.5. The lowest BCUT2D eigenvalue weighted by atomic mass is 10.1. The number of hydrogen-bond donors (Lipinski definition) is 3. The highest BCUT2D eigenvalue weighted by molar-refractivity contribution is 6.31. The molecular formula is C23H18ClN3O3. The number of rotatable bonds is 4. The van der Waals surface area contributed by atoms with E-state index in [1.54, 1.807) is 24.3 Å². The molecule has 2 amide bonds. The number of amides is 2. The predicted octanol–water partition coefficient (Wildman–Crippen LogP) is 5.92. The topological polar surface area (TPSA) is 83.2 Å². The van der Waals surface area contributed by atoms with Crippen LogP contribution in [-0.4, -0.2) is 24.1 Å². The quantitative estimate of drug-likeness (QED) is 0.359. The summed E-state index contributed by atoms with van der Waals surface area (Å²) in [4.78, 5) is 27.2. The third-order valence-corrected chi connectivity index (χ3v) is 4.81. The Morgan fingerprint density at radius 3 is 2.43 bits per heavy atom. The molecule has 0 aliphatic carbocycles. The van der Waals surface area contributed by atoms with Crippen LogP contribution >= 0.6 is 11.6 Å². The fourth-order valence-electron chi connectivity index (χ4n) is 3.12. The zero-order valence-corrected chi connectivity index (χ0v) is 16.8. The first-order valence-corrected chi connectivity index (χ1v) is 9.55. The zero-order chi connectivity index (χ0) is 21.1. The van der Waals surface area contributed by atoms with Crippen molar-refractivity contribution in [2.24, 2.45) is 0 Å². The van der Waals surface area contributed by atoms with E-state index >= 15 is 0 Å². The van der Waals surface area contributed by atoms with Crippen molar-refractivity contribution >= 4 is 45.9 Å². The second kappa shape index (κ2) is 8.31. The summed E-state index contributed by atoms with van der Waals surface area (Å²) in [5.74, 6) is -0.429. The maximum absolute atomic E-state index is 12.3. The van der Waals surface area contributed by atoms with E-state index < -0.39 is 5.97 Å². The van der Waals surface area contributed by atoms with Gasteiger partial charge in [-0.05, 0) is 60.7 Å². The van der Waals surface area contributed by atoms with E-state index in [-0.39, 0.29) is 6.03 Å². The third-order valence-electron chi connectivity index (χ3n) is 4.58. The normalized spacial score (nSPS) is 10.6. The smallest absolute Gasteiger partial charge is 0.337 e.